The highest BCUT2D eigenvalue weighted by Gasteiger charge is 2.22. The van der Waals surface area contributed by atoms with Crippen LogP contribution >= 0.6 is 11.6 Å². The third-order valence-corrected chi connectivity index (χ3v) is 5.57. The summed E-state index contributed by atoms with van der Waals surface area (Å²) in [5.74, 6) is -0.287. The van der Waals surface area contributed by atoms with Crippen LogP contribution in [0.5, 0.6) is 0 Å². The van der Waals surface area contributed by atoms with E-state index in [0.29, 0.717) is 28.5 Å². The number of aryl methyl sites for hydroxylation is 3. The molecule has 0 aliphatic carbocycles. The number of rotatable bonds is 6. The number of nitrogens with one attached hydrogen (secondary N) is 1. The topological polar surface area (TPSA) is 112 Å². The summed E-state index contributed by atoms with van der Waals surface area (Å²) in [5, 5.41) is 1.13. The Hall–Kier alpha value is -3.33. The number of hydrogen-bond donors (Lipinski definition) is 1. The minimum absolute atomic E-state index is 0.0552. The maximum Gasteiger partial charge on any atom is 0.375 e. The number of aromatic amines is 1. The summed E-state index contributed by atoms with van der Waals surface area (Å²) in [6.45, 7) is 3.98. The molecule has 0 bridgehead atoms. The van der Waals surface area contributed by atoms with E-state index in [0.717, 1.165) is 18.2 Å². The van der Waals surface area contributed by atoms with Gasteiger partial charge < -0.3 is 13.7 Å². The van der Waals surface area contributed by atoms with Crippen molar-refractivity contribution >= 4 is 39.7 Å². The van der Waals surface area contributed by atoms with E-state index in [1.807, 2.05) is 13.0 Å². The molecular formula is C21H21ClN4O5. The van der Waals surface area contributed by atoms with E-state index in [1.54, 1.807) is 26.1 Å². The van der Waals surface area contributed by atoms with E-state index < -0.39 is 17.2 Å². The number of halogens is 1. The molecule has 1 N–H and O–H groups in total. The van der Waals surface area contributed by atoms with E-state index >= 15 is 0 Å². The maximum absolute atomic E-state index is 12.7. The van der Waals surface area contributed by atoms with Crippen molar-refractivity contribution in [3.63, 3.8) is 0 Å². The summed E-state index contributed by atoms with van der Waals surface area (Å²) >= 11 is 6.14. The van der Waals surface area contributed by atoms with Gasteiger partial charge in [0.2, 0.25) is 5.76 Å². The average molecular weight is 445 g/mol. The number of nitrogens with zero attached hydrogens (tertiary/aromatic N) is 3. The van der Waals surface area contributed by atoms with Crippen molar-refractivity contribution < 1.29 is 13.9 Å². The largest absolute Gasteiger partial charge is 0.452 e. The summed E-state index contributed by atoms with van der Waals surface area (Å²) in [6, 6.07) is 5.26. The van der Waals surface area contributed by atoms with Gasteiger partial charge in [0, 0.05) is 24.5 Å². The number of unbranched alkanes of at least 4 members (excludes halogenated alkanes) is 1. The zero-order chi connectivity index (χ0) is 22.3. The molecule has 162 valence electrons. The fourth-order valence-corrected chi connectivity index (χ4v) is 3.76. The fraction of sp³-hybridized carbons (Fsp3) is 0.333. The first-order valence-corrected chi connectivity index (χ1v) is 10.2. The monoisotopic (exact) mass is 444 g/mol. The number of aromatic nitrogens is 4. The van der Waals surface area contributed by atoms with Crippen molar-refractivity contribution in [2.75, 3.05) is 0 Å². The second-order valence-corrected chi connectivity index (χ2v) is 7.68. The van der Waals surface area contributed by atoms with E-state index in [2.05, 4.69) is 9.97 Å². The quantitative estimate of drug-likeness (QED) is 0.457. The average Bonchev–Trinajstić information content (AvgIpc) is 3.25. The van der Waals surface area contributed by atoms with Crippen LogP contribution < -0.4 is 11.2 Å². The standard InChI is InChI=1S/C21H21ClN4O5/c1-4-5-9-26-18-15(19(27)24-21(26)29)25(3)14(23-18)10-30-20(28)16-11(2)12-7-6-8-13(22)17(12)31-16/h6-8H,4-5,9-10H2,1-3H3,(H,24,27,29). The van der Waals surface area contributed by atoms with Gasteiger partial charge in [-0.05, 0) is 19.4 Å². The molecule has 0 saturated carbocycles. The first-order valence-electron chi connectivity index (χ1n) is 9.86. The van der Waals surface area contributed by atoms with Gasteiger partial charge in [0.25, 0.3) is 5.56 Å². The number of esters is 1. The molecule has 3 heterocycles. The Balaban J connectivity index is 1.66. The van der Waals surface area contributed by atoms with Crippen LogP contribution in [0.2, 0.25) is 5.02 Å². The lowest BCUT2D eigenvalue weighted by atomic mass is 10.1. The number of carbonyl (C=O) groups is 1. The number of ether oxygens (including phenoxy) is 1. The third kappa shape index (κ3) is 3.54. The van der Waals surface area contributed by atoms with Crippen LogP contribution in [0.15, 0.2) is 32.2 Å². The number of fused-ring (bicyclic) bond motifs is 2. The molecule has 31 heavy (non-hydrogen) atoms. The Bertz CT molecular complexity index is 1430. The molecule has 0 aliphatic heterocycles. The Morgan fingerprint density at radius 2 is 2.10 bits per heavy atom. The lowest BCUT2D eigenvalue weighted by Crippen LogP contribution is -2.31. The van der Waals surface area contributed by atoms with Crippen LogP contribution in [0.25, 0.3) is 22.1 Å². The summed E-state index contributed by atoms with van der Waals surface area (Å²) in [6.07, 6.45) is 1.64. The zero-order valence-electron chi connectivity index (χ0n) is 17.3. The van der Waals surface area contributed by atoms with E-state index in [4.69, 9.17) is 20.8 Å². The normalized spacial score (nSPS) is 11.5. The SMILES string of the molecule is CCCCn1c(=O)[nH]c(=O)c2c1nc(COC(=O)c1oc3c(Cl)cccc3c1C)n2C. The highest BCUT2D eigenvalue weighted by atomic mass is 35.5. The van der Waals surface area contributed by atoms with Gasteiger partial charge >= 0.3 is 11.7 Å². The molecule has 0 fully saturated rings. The Kier molecular flexibility index (Phi) is 5.45. The number of hydrogen-bond acceptors (Lipinski definition) is 6. The van der Waals surface area contributed by atoms with Crippen molar-refractivity contribution in [2.24, 2.45) is 7.05 Å². The summed E-state index contributed by atoms with van der Waals surface area (Å²) in [7, 11) is 1.63. The first kappa shape index (κ1) is 20.9. The molecule has 0 saturated heterocycles. The molecule has 0 radical (unpaired) electrons. The number of carbonyl (C=O) groups excluding carboxylic acids is 1. The number of H-pyrrole nitrogens is 1. The molecule has 10 heteroatoms. The molecule has 9 nitrogen and oxygen atoms in total. The molecular weight excluding hydrogens is 424 g/mol. The van der Waals surface area contributed by atoms with Crippen molar-refractivity contribution in [1.82, 2.24) is 19.1 Å². The number of furan rings is 1. The Morgan fingerprint density at radius 1 is 1.32 bits per heavy atom. The van der Waals surface area contributed by atoms with Crippen LogP contribution in [-0.4, -0.2) is 25.1 Å². The molecule has 4 aromatic rings. The first-order chi connectivity index (χ1) is 14.8. The summed E-state index contributed by atoms with van der Waals surface area (Å²) in [4.78, 5) is 43.9. The second-order valence-electron chi connectivity index (χ2n) is 7.27. The van der Waals surface area contributed by atoms with Crippen LogP contribution in [0.3, 0.4) is 0 Å². The van der Waals surface area contributed by atoms with Crippen LogP contribution in [0, 0.1) is 6.92 Å². The summed E-state index contributed by atoms with van der Waals surface area (Å²) in [5.41, 5.74) is 0.501. The van der Waals surface area contributed by atoms with Crippen molar-refractivity contribution in [3.8, 4) is 0 Å². The predicted octanol–water partition coefficient (Wildman–Crippen LogP) is 3.29. The van der Waals surface area contributed by atoms with E-state index in [1.165, 1.54) is 9.13 Å². The number of benzene rings is 1. The fourth-order valence-electron chi connectivity index (χ4n) is 3.54. The Labute approximate surface area is 181 Å². The number of imidazole rings is 1. The molecule has 0 amide bonds. The molecule has 0 aliphatic rings. The van der Waals surface area contributed by atoms with E-state index in [-0.39, 0.29) is 23.5 Å². The van der Waals surface area contributed by atoms with Gasteiger partial charge in [-0.25, -0.2) is 14.6 Å². The van der Waals surface area contributed by atoms with Gasteiger partial charge in [0.1, 0.15) is 12.4 Å². The smallest absolute Gasteiger partial charge is 0.375 e. The van der Waals surface area contributed by atoms with Crippen molar-refractivity contribution in [3.05, 3.63) is 61.2 Å². The molecule has 3 aromatic heterocycles. The highest BCUT2D eigenvalue weighted by molar-refractivity contribution is 6.35. The number of para-hydroxylation sites is 1. The molecule has 0 spiro atoms. The van der Waals surface area contributed by atoms with Gasteiger partial charge in [0.15, 0.2) is 16.7 Å². The van der Waals surface area contributed by atoms with Crippen LogP contribution in [0.4, 0.5) is 0 Å². The lowest BCUT2D eigenvalue weighted by molar-refractivity contribution is 0.0424. The second kappa shape index (κ2) is 8.07. The zero-order valence-corrected chi connectivity index (χ0v) is 18.1. The van der Waals surface area contributed by atoms with Gasteiger partial charge in [-0.15, -0.1) is 0 Å². The summed E-state index contributed by atoms with van der Waals surface area (Å²) < 4.78 is 14.0. The minimum atomic E-state index is -0.672. The minimum Gasteiger partial charge on any atom is -0.452 e. The maximum atomic E-state index is 12.7. The van der Waals surface area contributed by atoms with E-state index in [9.17, 15) is 14.4 Å². The van der Waals surface area contributed by atoms with Gasteiger partial charge in [-0.3, -0.25) is 14.3 Å². The third-order valence-electron chi connectivity index (χ3n) is 5.27. The Morgan fingerprint density at radius 3 is 2.81 bits per heavy atom. The van der Waals surface area contributed by atoms with Crippen LogP contribution in [0.1, 0.15) is 41.7 Å². The van der Waals surface area contributed by atoms with Gasteiger partial charge in [-0.1, -0.05) is 37.1 Å². The van der Waals surface area contributed by atoms with Crippen molar-refractivity contribution in [1.29, 1.82) is 0 Å². The molecule has 1 aromatic carbocycles. The molecule has 0 atom stereocenters. The van der Waals surface area contributed by atoms with Crippen molar-refractivity contribution in [2.45, 2.75) is 39.8 Å². The molecule has 4 rings (SSSR count). The lowest BCUT2D eigenvalue weighted by Gasteiger charge is -2.04. The molecule has 0 unspecified atom stereocenters. The highest BCUT2D eigenvalue weighted by Crippen LogP contribution is 2.31. The predicted molar refractivity (Wildman–Crippen MR) is 116 cm³/mol. The van der Waals surface area contributed by atoms with Gasteiger partial charge in [-0.2, -0.15) is 0 Å². The van der Waals surface area contributed by atoms with Crippen LogP contribution in [-0.2, 0) is 24.9 Å². The van der Waals surface area contributed by atoms with Gasteiger partial charge in [0.05, 0.1) is 5.02 Å².